The summed E-state index contributed by atoms with van der Waals surface area (Å²) in [5, 5.41) is 9.46. The van der Waals surface area contributed by atoms with Crippen LogP contribution in [0.25, 0.3) is 22.4 Å². The first-order valence-electron chi connectivity index (χ1n) is 10.7. The third-order valence-corrected chi connectivity index (χ3v) is 6.33. The summed E-state index contributed by atoms with van der Waals surface area (Å²) in [7, 11) is 1.91. The van der Waals surface area contributed by atoms with Crippen molar-refractivity contribution >= 4 is 40.6 Å². The number of nitrogens with two attached hydrogens (primary N) is 1. The SMILES string of the molecule is Cn1c(N2CCOC3CCCCC32)nc2nc(/C(N)=N/C(=O)O)nc(-c3cncc(Cl)c3)c21. The molecule has 2 fully saturated rings. The Morgan fingerprint density at radius 2 is 2.09 bits per heavy atom. The van der Waals surface area contributed by atoms with Gasteiger partial charge in [-0.1, -0.05) is 24.4 Å². The summed E-state index contributed by atoms with van der Waals surface area (Å²) >= 11 is 6.18. The molecule has 1 aliphatic carbocycles. The first-order valence-corrected chi connectivity index (χ1v) is 11.1. The molecule has 0 aromatic carbocycles. The van der Waals surface area contributed by atoms with Crippen LogP contribution in [-0.2, 0) is 11.8 Å². The first kappa shape index (κ1) is 21.5. The second-order valence-corrected chi connectivity index (χ2v) is 8.60. The lowest BCUT2D eigenvalue weighted by Crippen LogP contribution is -2.53. The maximum absolute atomic E-state index is 11.1. The number of fused-ring (bicyclic) bond motifs is 2. The molecule has 5 rings (SSSR count). The van der Waals surface area contributed by atoms with Crippen LogP contribution >= 0.6 is 11.6 Å². The summed E-state index contributed by atoms with van der Waals surface area (Å²) in [6.45, 7) is 1.35. The van der Waals surface area contributed by atoms with Crippen LogP contribution in [0.15, 0.2) is 23.5 Å². The minimum Gasteiger partial charge on any atom is -0.463 e. The van der Waals surface area contributed by atoms with Crippen LogP contribution in [0.3, 0.4) is 0 Å². The van der Waals surface area contributed by atoms with Gasteiger partial charge in [0.2, 0.25) is 5.95 Å². The topological polar surface area (TPSA) is 145 Å². The van der Waals surface area contributed by atoms with Crippen molar-refractivity contribution in [2.45, 2.75) is 37.8 Å². The zero-order valence-electron chi connectivity index (χ0n) is 18.0. The van der Waals surface area contributed by atoms with E-state index < -0.39 is 6.09 Å². The molecule has 3 aromatic heterocycles. The maximum Gasteiger partial charge on any atom is 0.433 e. The number of pyridine rings is 1. The van der Waals surface area contributed by atoms with E-state index in [0.29, 0.717) is 34.1 Å². The molecule has 12 heteroatoms. The first-order chi connectivity index (χ1) is 15.9. The van der Waals surface area contributed by atoms with Crippen LogP contribution in [-0.4, -0.2) is 66.8 Å². The number of aromatic nitrogens is 5. The van der Waals surface area contributed by atoms with Gasteiger partial charge in [-0.15, -0.1) is 0 Å². The Morgan fingerprint density at radius 3 is 2.88 bits per heavy atom. The van der Waals surface area contributed by atoms with Crippen molar-refractivity contribution in [1.29, 1.82) is 0 Å². The van der Waals surface area contributed by atoms with Crippen LogP contribution in [0.4, 0.5) is 10.7 Å². The van der Waals surface area contributed by atoms with E-state index in [1.165, 1.54) is 12.6 Å². The Labute approximate surface area is 194 Å². The number of nitrogens with zero attached hydrogens (tertiary/aromatic N) is 7. The monoisotopic (exact) mass is 470 g/mol. The third-order valence-electron chi connectivity index (χ3n) is 6.12. The van der Waals surface area contributed by atoms with E-state index in [9.17, 15) is 4.79 Å². The highest BCUT2D eigenvalue weighted by atomic mass is 35.5. The summed E-state index contributed by atoms with van der Waals surface area (Å²) in [6.07, 6.45) is 6.29. The summed E-state index contributed by atoms with van der Waals surface area (Å²) in [5.41, 5.74) is 8.05. The molecule has 2 atom stereocenters. The van der Waals surface area contributed by atoms with E-state index in [-0.39, 0.29) is 23.8 Å². The Bertz CT molecular complexity index is 1260. The molecular weight excluding hydrogens is 448 g/mol. The molecule has 1 aliphatic heterocycles. The highest BCUT2D eigenvalue weighted by Crippen LogP contribution is 2.35. The highest BCUT2D eigenvalue weighted by molar-refractivity contribution is 6.30. The van der Waals surface area contributed by atoms with Crippen molar-refractivity contribution in [2.75, 3.05) is 18.1 Å². The van der Waals surface area contributed by atoms with Crippen LogP contribution in [0.5, 0.6) is 0 Å². The number of aryl methyl sites for hydroxylation is 1. The highest BCUT2D eigenvalue weighted by Gasteiger charge is 2.36. The van der Waals surface area contributed by atoms with Crippen molar-refractivity contribution in [2.24, 2.45) is 17.8 Å². The zero-order valence-corrected chi connectivity index (χ0v) is 18.7. The molecule has 1 amide bonds. The lowest BCUT2D eigenvalue weighted by molar-refractivity contribution is -0.00946. The molecule has 0 bridgehead atoms. The molecular formula is C21H23ClN8O3. The zero-order chi connectivity index (χ0) is 23.1. The summed E-state index contributed by atoms with van der Waals surface area (Å²) < 4.78 is 7.98. The van der Waals surface area contributed by atoms with Crippen molar-refractivity contribution in [3.05, 3.63) is 29.3 Å². The van der Waals surface area contributed by atoms with Gasteiger partial charge < -0.3 is 25.0 Å². The van der Waals surface area contributed by atoms with Crippen LogP contribution < -0.4 is 10.6 Å². The Balaban J connectivity index is 1.70. The fourth-order valence-corrected chi connectivity index (χ4v) is 4.89. The van der Waals surface area contributed by atoms with Crippen LogP contribution in [0.1, 0.15) is 31.5 Å². The van der Waals surface area contributed by atoms with Gasteiger partial charge in [-0.3, -0.25) is 4.98 Å². The number of carbonyl (C=O) groups is 1. The van der Waals surface area contributed by atoms with E-state index in [0.717, 1.165) is 31.8 Å². The summed E-state index contributed by atoms with van der Waals surface area (Å²) in [6, 6.07) is 1.97. The number of amidine groups is 1. The number of anilines is 1. The van der Waals surface area contributed by atoms with Gasteiger partial charge in [-0.25, -0.2) is 14.8 Å². The van der Waals surface area contributed by atoms with Gasteiger partial charge in [-0.2, -0.15) is 9.98 Å². The molecule has 2 unspecified atom stereocenters. The molecule has 2 aliphatic rings. The maximum atomic E-state index is 11.1. The molecule has 3 N–H and O–H groups in total. The quantitative estimate of drug-likeness (QED) is 0.435. The lowest BCUT2D eigenvalue weighted by Gasteiger charge is -2.44. The average molecular weight is 471 g/mol. The second kappa shape index (κ2) is 8.56. The molecule has 11 nitrogen and oxygen atoms in total. The largest absolute Gasteiger partial charge is 0.463 e. The lowest BCUT2D eigenvalue weighted by atomic mass is 9.90. The van der Waals surface area contributed by atoms with E-state index in [2.05, 4.69) is 24.8 Å². The minimum absolute atomic E-state index is 0.0259. The number of amides is 1. The van der Waals surface area contributed by atoms with Crippen LogP contribution in [0, 0.1) is 0 Å². The minimum atomic E-state index is -1.43. The van der Waals surface area contributed by atoms with E-state index in [1.807, 2.05) is 11.6 Å². The molecule has 172 valence electrons. The number of imidazole rings is 1. The molecule has 1 saturated carbocycles. The molecule has 0 spiro atoms. The van der Waals surface area contributed by atoms with Crippen molar-refractivity contribution < 1.29 is 14.6 Å². The molecule has 0 radical (unpaired) electrons. The van der Waals surface area contributed by atoms with E-state index in [4.69, 9.17) is 32.2 Å². The molecule has 1 saturated heterocycles. The molecule has 4 heterocycles. The Hall–Kier alpha value is -3.31. The predicted octanol–water partition coefficient (Wildman–Crippen LogP) is 2.61. The standard InChI is InChI=1S/C21H23ClN8O3/c1-29-16-15(11-8-12(22)10-24-9-11)25-19(17(23)26-21(31)32)27-18(16)28-20(29)30-6-7-33-14-5-3-2-4-13(14)30/h8-10,13-14H,2-7H2,1H3,(H2,23,26)(H,31,32). The number of ether oxygens (including phenoxy) is 1. The van der Waals surface area contributed by atoms with E-state index in [1.54, 1.807) is 12.3 Å². The second-order valence-electron chi connectivity index (χ2n) is 8.16. The molecule has 33 heavy (non-hydrogen) atoms. The van der Waals surface area contributed by atoms with Gasteiger partial charge in [-0.05, 0) is 18.9 Å². The van der Waals surface area contributed by atoms with Crippen molar-refractivity contribution in [3.8, 4) is 11.3 Å². The number of rotatable bonds is 3. The fourth-order valence-electron chi connectivity index (χ4n) is 4.71. The van der Waals surface area contributed by atoms with Gasteiger partial charge >= 0.3 is 6.09 Å². The van der Waals surface area contributed by atoms with Gasteiger partial charge in [0.1, 0.15) is 11.2 Å². The fraction of sp³-hybridized carbons (Fsp3) is 0.429. The number of aliphatic imine (C=N–C) groups is 1. The van der Waals surface area contributed by atoms with Gasteiger partial charge in [0.05, 0.1) is 23.8 Å². The Kier molecular flexibility index (Phi) is 5.59. The smallest absolute Gasteiger partial charge is 0.433 e. The van der Waals surface area contributed by atoms with Crippen molar-refractivity contribution in [3.63, 3.8) is 0 Å². The van der Waals surface area contributed by atoms with E-state index >= 15 is 0 Å². The van der Waals surface area contributed by atoms with Crippen molar-refractivity contribution in [1.82, 2.24) is 24.5 Å². The third kappa shape index (κ3) is 3.98. The number of hydrogen-bond acceptors (Lipinski definition) is 7. The summed E-state index contributed by atoms with van der Waals surface area (Å²) in [5.74, 6) is 0.412. The number of hydrogen-bond donors (Lipinski definition) is 2. The van der Waals surface area contributed by atoms with Gasteiger partial charge in [0.15, 0.2) is 17.3 Å². The Morgan fingerprint density at radius 1 is 1.27 bits per heavy atom. The van der Waals surface area contributed by atoms with Crippen LogP contribution in [0.2, 0.25) is 5.02 Å². The molecule has 3 aromatic rings. The summed E-state index contributed by atoms with van der Waals surface area (Å²) in [4.78, 5) is 34.7. The van der Waals surface area contributed by atoms with Gasteiger partial charge in [0.25, 0.3) is 0 Å². The number of halogens is 1. The average Bonchev–Trinajstić information content (AvgIpc) is 3.14. The normalized spacial score (nSPS) is 21.3. The predicted molar refractivity (Wildman–Crippen MR) is 123 cm³/mol. The van der Waals surface area contributed by atoms with Gasteiger partial charge in [0, 0.05) is 31.5 Å². The number of carboxylic acid groups (broad SMARTS) is 1. The number of morpholine rings is 1.